The third kappa shape index (κ3) is 1.94. The number of aliphatic hydroxyl groups is 1. The topological polar surface area (TPSA) is 58.9 Å². The fourth-order valence-electron chi connectivity index (χ4n) is 0.828. The molecule has 0 fully saturated rings. The normalized spacial score (nSPS) is 13.1. The molecule has 1 N–H and O–H groups in total. The second-order valence-corrected chi connectivity index (χ2v) is 2.46. The predicted octanol–water partition coefficient (Wildman–Crippen LogP) is 0.542. The van der Waals surface area contributed by atoms with Crippen LogP contribution in [0, 0.1) is 13.8 Å². The smallest absolute Gasteiger partial charge is 0.160 e. The zero-order chi connectivity index (χ0) is 8.43. The number of aromatic nitrogens is 3. The van der Waals surface area contributed by atoms with Crippen molar-refractivity contribution in [1.29, 1.82) is 0 Å². The third-order valence-corrected chi connectivity index (χ3v) is 1.25. The minimum Gasteiger partial charge on any atom is -0.385 e. The van der Waals surface area contributed by atoms with Crippen LogP contribution in [-0.2, 0) is 0 Å². The van der Waals surface area contributed by atoms with Crippen LogP contribution in [0.25, 0.3) is 0 Å². The van der Waals surface area contributed by atoms with Crippen LogP contribution >= 0.6 is 0 Å². The van der Waals surface area contributed by atoms with Gasteiger partial charge in [-0.15, -0.1) is 0 Å². The quantitative estimate of drug-likeness (QED) is 0.639. The molecule has 0 saturated carbocycles. The van der Waals surface area contributed by atoms with Gasteiger partial charge in [-0.25, -0.2) is 15.0 Å². The first kappa shape index (κ1) is 8.07. The van der Waals surface area contributed by atoms with Gasteiger partial charge in [0.25, 0.3) is 0 Å². The minimum atomic E-state index is -0.615. The summed E-state index contributed by atoms with van der Waals surface area (Å²) in [7, 11) is 0. The van der Waals surface area contributed by atoms with E-state index in [2.05, 4.69) is 15.0 Å². The number of aryl methyl sites for hydroxylation is 2. The van der Waals surface area contributed by atoms with Gasteiger partial charge in [-0.2, -0.15) is 0 Å². The van der Waals surface area contributed by atoms with Gasteiger partial charge in [0.2, 0.25) is 0 Å². The van der Waals surface area contributed by atoms with Crippen LogP contribution in [0.2, 0.25) is 0 Å². The van der Waals surface area contributed by atoms with Crippen LogP contribution in [-0.4, -0.2) is 20.1 Å². The molecule has 1 rings (SSSR count). The number of hydrogen-bond donors (Lipinski definition) is 1. The number of nitrogens with zero attached hydrogens (tertiary/aromatic N) is 3. The summed E-state index contributed by atoms with van der Waals surface area (Å²) < 4.78 is 0. The van der Waals surface area contributed by atoms with Crippen molar-refractivity contribution < 1.29 is 5.11 Å². The maximum Gasteiger partial charge on any atom is 0.160 e. The molecule has 1 heterocycles. The van der Waals surface area contributed by atoms with Crippen LogP contribution in [0.1, 0.15) is 30.5 Å². The maximum atomic E-state index is 9.12. The molecule has 4 heteroatoms. The molecule has 0 aliphatic carbocycles. The zero-order valence-electron chi connectivity index (χ0n) is 6.87. The Morgan fingerprint density at radius 1 is 1.09 bits per heavy atom. The highest BCUT2D eigenvalue weighted by Crippen LogP contribution is 2.04. The lowest BCUT2D eigenvalue weighted by Crippen LogP contribution is -2.05. The largest absolute Gasteiger partial charge is 0.385 e. The molecule has 1 unspecified atom stereocenters. The molecule has 1 aromatic rings. The molecule has 0 radical (unpaired) electrons. The van der Waals surface area contributed by atoms with E-state index >= 15 is 0 Å². The Balaban J connectivity index is 3.08. The summed E-state index contributed by atoms with van der Waals surface area (Å²) in [5.74, 6) is 1.73. The Hall–Kier alpha value is -1.03. The van der Waals surface area contributed by atoms with E-state index in [0.29, 0.717) is 17.5 Å². The molecule has 0 amide bonds. The molecule has 4 nitrogen and oxygen atoms in total. The lowest BCUT2D eigenvalue weighted by atomic mass is 10.4. The van der Waals surface area contributed by atoms with Crippen LogP contribution in [0.3, 0.4) is 0 Å². The van der Waals surface area contributed by atoms with Gasteiger partial charge in [-0.05, 0) is 20.8 Å². The van der Waals surface area contributed by atoms with Crippen molar-refractivity contribution in [3.05, 3.63) is 17.5 Å². The summed E-state index contributed by atoms with van der Waals surface area (Å²) in [6.07, 6.45) is -0.615. The van der Waals surface area contributed by atoms with E-state index < -0.39 is 6.10 Å². The molecule has 1 atom stereocenters. The lowest BCUT2D eigenvalue weighted by molar-refractivity contribution is 0.188. The molecular formula is C7H11N3O. The average Bonchev–Trinajstić information content (AvgIpc) is 1.85. The average molecular weight is 153 g/mol. The Kier molecular flexibility index (Phi) is 2.14. The molecule has 11 heavy (non-hydrogen) atoms. The van der Waals surface area contributed by atoms with E-state index in [4.69, 9.17) is 5.11 Å². The highest BCUT2D eigenvalue weighted by atomic mass is 16.3. The Bertz CT molecular complexity index is 240. The molecule has 0 saturated heterocycles. The van der Waals surface area contributed by atoms with E-state index in [1.54, 1.807) is 20.8 Å². The van der Waals surface area contributed by atoms with Crippen LogP contribution in [0.15, 0.2) is 0 Å². The SMILES string of the molecule is Cc1nc(C)nc(C(C)O)n1. The van der Waals surface area contributed by atoms with E-state index in [1.165, 1.54) is 0 Å². The molecule has 0 aromatic carbocycles. The van der Waals surface area contributed by atoms with Gasteiger partial charge in [0.1, 0.15) is 17.8 Å². The molecular weight excluding hydrogens is 142 g/mol. The first-order chi connectivity index (χ1) is 5.09. The van der Waals surface area contributed by atoms with Gasteiger partial charge in [-0.1, -0.05) is 0 Å². The van der Waals surface area contributed by atoms with Gasteiger partial charge < -0.3 is 5.11 Å². The van der Waals surface area contributed by atoms with E-state index in [-0.39, 0.29) is 0 Å². The summed E-state index contributed by atoms with van der Waals surface area (Å²) in [5.41, 5.74) is 0. The van der Waals surface area contributed by atoms with Gasteiger partial charge in [0, 0.05) is 0 Å². The van der Waals surface area contributed by atoms with E-state index in [0.717, 1.165) is 0 Å². The van der Waals surface area contributed by atoms with Crippen LogP contribution in [0.4, 0.5) is 0 Å². The fourth-order valence-corrected chi connectivity index (χ4v) is 0.828. The van der Waals surface area contributed by atoms with Crippen molar-refractivity contribution in [2.45, 2.75) is 26.9 Å². The first-order valence-electron chi connectivity index (χ1n) is 3.47. The minimum absolute atomic E-state index is 0.440. The van der Waals surface area contributed by atoms with Gasteiger partial charge in [0.05, 0.1) is 0 Å². The van der Waals surface area contributed by atoms with Crippen molar-refractivity contribution in [3.63, 3.8) is 0 Å². The number of hydrogen-bond acceptors (Lipinski definition) is 4. The predicted molar refractivity (Wildman–Crippen MR) is 39.9 cm³/mol. The summed E-state index contributed by atoms with van der Waals surface area (Å²) >= 11 is 0. The molecule has 0 spiro atoms. The molecule has 60 valence electrons. The highest BCUT2D eigenvalue weighted by Gasteiger charge is 2.05. The van der Waals surface area contributed by atoms with Crippen molar-refractivity contribution >= 4 is 0 Å². The van der Waals surface area contributed by atoms with Crippen molar-refractivity contribution in [2.75, 3.05) is 0 Å². The molecule has 0 aliphatic heterocycles. The van der Waals surface area contributed by atoms with Gasteiger partial charge in [0.15, 0.2) is 5.82 Å². The molecule has 1 aromatic heterocycles. The summed E-state index contributed by atoms with van der Waals surface area (Å²) in [6, 6.07) is 0. The second kappa shape index (κ2) is 2.92. The maximum absolute atomic E-state index is 9.12. The zero-order valence-corrected chi connectivity index (χ0v) is 6.87. The van der Waals surface area contributed by atoms with E-state index in [1.807, 2.05) is 0 Å². The lowest BCUT2D eigenvalue weighted by Gasteiger charge is -2.03. The Morgan fingerprint density at radius 3 is 1.91 bits per heavy atom. The van der Waals surface area contributed by atoms with Crippen LogP contribution in [0.5, 0.6) is 0 Å². The molecule has 0 bridgehead atoms. The van der Waals surface area contributed by atoms with Crippen molar-refractivity contribution in [3.8, 4) is 0 Å². The van der Waals surface area contributed by atoms with Crippen molar-refractivity contribution in [1.82, 2.24) is 15.0 Å². The first-order valence-corrected chi connectivity index (χ1v) is 3.47. The number of rotatable bonds is 1. The van der Waals surface area contributed by atoms with E-state index in [9.17, 15) is 0 Å². The standard InChI is InChI=1S/C7H11N3O/c1-4(11)7-9-5(2)8-6(3)10-7/h4,11H,1-3H3. The summed E-state index contributed by atoms with van der Waals surface area (Å²) in [5, 5.41) is 9.12. The summed E-state index contributed by atoms with van der Waals surface area (Å²) in [4.78, 5) is 11.9. The number of aliphatic hydroxyl groups excluding tert-OH is 1. The third-order valence-electron chi connectivity index (χ3n) is 1.25. The monoisotopic (exact) mass is 153 g/mol. The molecule has 0 aliphatic rings. The van der Waals surface area contributed by atoms with Crippen molar-refractivity contribution in [2.24, 2.45) is 0 Å². The Morgan fingerprint density at radius 2 is 1.55 bits per heavy atom. The summed E-state index contributed by atoms with van der Waals surface area (Å²) in [6.45, 7) is 5.19. The van der Waals surface area contributed by atoms with Gasteiger partial charge >= 0.3 is 0 Å². The second-order valence-electron chi connectivity index (χ2n) is 2.46. The van der Waals surface area contributed by atoms with Gasteiger partial charge in [-0.3, -0.25) is 0 Å². The fraction of sp³-hybridized carbons (Fsp3) is 0.571. The van der Waals surface area contributed by atoms with Crippen LogP contribution < -0.4 is 0 Å². The highest BCUT2D eigenvalue weighted by molar-refractivity contribution is 4.96. The Labute approximate surface area is 65.3 Å².